The number of imide groups is 1. The van der Waals surface area contributed by atoms with Crippen LogP contribution in [-0.4, -0.2) is 39.5 Å². The summed E-state index contributed by atoms with van der Waals surface area (Å²) in [6, 6.07) is 12.1. The SMILES string of the molecule is O=C1c2cccnc2C(=O)N1C(CO)Cc1ccccc1. The first-order valence-corrected chi connectivity index (χ1v) is 6.70. The summed E-state index contributed by atoms with van der Waals surface area (Å²) in [4.78, 5) is 29.8. The van der Waals surface area contributed by atoms with E-state index in [1.165, 1.54) is 6.20 Å². The number of aliphatic hydroxyl groups excluding tert-OH is 1. The molecule has 0 saturated carbocycles. The predicted molar refractivity (Wildman–Crippen MR) is 75.8 cm³/mol. The van der Waals surface area contributed by atoms with E-state index in [2.05, 4.69) is 4.98 Å². The van der Waals surface area contributed by atoms with Crippen LogP contribution in [0.5, 0.6) is 0 Å². The number of nitrogens with zero attached hydrogens (tertiary/aromatic N) is 2. The molecule has 0 bridgehead atoms. The van der Waals surface area contributed by atoms with E-state index in [9.17, 15) is 14.7 Å². The minimum absolute atomic E-state index is 0.161. The third kappa shape index (κ3) is 2.32. The molecule has 1 aromatic heterocycles. The number of benzene rings is 1. The maximum absolute atomic E-state index is 12.4. The molecule has 0 spiro atoms. The average Bonchev–Trinajstić information content (AvgIpc) is 2.78. The third-order valence-electron chi connectivity index (χ3n) is 3.57. The number of fused-ring (bicyclic) bond motifs is 1. The summed E-state index contributed by atoms with van der Waals surface area (Å²) in [7, 11) is 0. The van der Waals surface area contributed by atoms with Crippen molar-refractivity contribution in [1.82, 2.24) is 9.88 Å². The van der Waals surface area contributed by atoms with Crippen LogP contribution >= 0.6 is 0 Å². The van der Waals surface area contributed by atoms with Crippen molar-refractivity contribution in [2.75, 3.05) is 6.61 Å². The molecule has 106 valence electrons. The fraction of sp³-hybridized carbons (Fsp3) is 0.188. The van der Waals surface area contributed by atoms with Crippen molar-refractivity contribution >= 4 is 11.8 Å². The molecule has 1 aromatic carbocycles. The molecule has 2 amide bonds. The van der Waals surface area contributed by atoms with Gasteiger partial charge in [-0.15, -0.1) is 0 Å². The second-order valence-corrected chi connectivity index (χ2v) is 4.91. The van der Waals surface area contributed by atoms with Crippen molar-refractivity contribution in [3.8, 4) is 0 Å². The van der Waals surface area contributed by atoms with Gasteiger partial charge in [-0.1, -0.05) is 30.3 Å². The monoisotopic (exact) mass is 282 g/mol. The summed E-state index contributed by atoms with van der Waals surface area (Å²) in [6.45, 7) is -0.277. The Hall–Kier alpha value is -2.53. The molecule has 5 nitrogen and oxygen atoms in total. The number of amides is 2. The lowest BCUT2D eigenvalue weighted by Crippen LogP contribution is -2.43. The highest BCUT2D eigenvalue weighted by molar-refractivity contribution is 6.20. The van der Waals surface area contributed by atoms with Crippen LogP contribution in [-0.2, 0) is 6.42 Å². The van der Waals surface area contributed by atoms with Gasteiger partial charge in [0.15, 0.2) is 0 Å². The predicted octanol–water partition coefficient (Wildman–Crippen LogP) is 1.28. The highest BCUT2D eigenvalue weighted by atomic mass is 16.3. The fourth-order valence-corrected chi connectivity index (χ4v) is 2.54. The van der Waals surface area contributed by atoms with Gasteiger partial charge in [0.25, 0.3) is 11.8 Å². The van der Waals surface area contributed by atoms with E-state index in [1.54, 1.807) is 12.1 Å². The zero-order chi connectivity index (χ0) is 14.8. The average molecular weight is 282 g/mol. The zero-order valence-corrected chi connectivity index (χ0v) is 11.3. The zero-order valence-electron chi connectivity index (χ0n) is 11.3. The van der Waals surface area contributed by atoms with Crippen LogP contribution in [0.25, 0.3) is 0 Å². The molecular weight excluding hydrogens is 268 g/mol. The second-order valence-electron chi connectivity index (χ2n) is 4.91. The Morgan fingerprint density at radius 2 is 1.81 bits per heavy atom. The standard InChI is InChI=1S/C16H14N2O3/c19-10-12(9-11-5-2-1-3-6-11)18-15(20)13-7-4-8-17-14(13)16(18)21/h1-8,12,19H,9-10H2. The molecule has 0 aliphatic carbocycles. The summed E-state index contributed by atoms with van der Waals surface area (Å²) >= 11 is 0. The molecule has 21 heavy (non-hydrogen) atoms. The van der Waals surface area contributed by atoms with Crippen molar-refractivity contribution in [3.05, 3.63) is 65.5 Å². The van der Waals surface area contributed by atoms with Gasteiger partial charge in [0.1, 0.15) is 5.69 Å². The van der Waals surface area contributed by atoms with Crippen LogP contribution < -0.4 is 0 Å². The van der Waals surface area contributed by atoms with E-state index >= 15 is 0 Å². The number of hydrogen-bond donors (Lipinski definition) is 1. The van der Waals surface area contributed by atoms with Crippen molar-refractivity contribution in [1.29, 1.82) is 0 Å². The summed E-state index contributed by atoms with van der Waals surface area (Å²) in [5.74, 6) is -0.830. The van der Waals surface area contributed by atoms with Crippen molar-refractivity contribution in [2.45, 2.75) is 12.5 Å². The smallest absolute Gasteiger partial charge is 0.280 e. The van der Waals surface area contributed by atoms with Crippen LogP contribution in [0.4, 0.5) is 0 Å². The number of aromatic nitrogens is 1. The lowest BCUT2D eigenvalue weighted by Gasteiger charge is -2.24. The Balaban J connectivity index is 1.89. The maximum Gasteiger partial charge on any atom is 0.280 e. The Morgan fingerprint density at radius 3 is 2.48 bits per heavy atom. The summed E-state index contributed by atoms with van der Waals surface area (Å²) in [5, 5.41) is 9.60. The van der Waals surface area contributed by atoms with Crippen LogP contribution in [0.3, 0.4) is 0 Å². The first-order valence-electron chi connectivity index (χ1n) is 6.70. The Bertz CT molecular complexity index is 650. The van der Waals surface area contributed by atoms with Gasteiger partial charge in [0.05, 0.1) is 18.2 Å². The van der Waals surface area contributed by atoms with E-state index in [0.29, 0.717) is 12.0 Å². The molecule has 5 heteroatoms. The molecule has 1 aliphatic heterocycles. The molecule has 0 saturated heterocycles. The molecule has 0 fully saturated rings. The van der Waals surface area contributed by atoms with Gasteiger partial charge in [0, 0.05) is 6.20 Å². The van der Waals surface area contributed by atoms with Gasteiger partial charge >= 0.3 is 0 Å². The minimum Gasteiger partial charge on any atom is -0.394 e. The lowest BCUT2D eigenvalue weighted by atomic mass is 10.1. The number of hydrogen-bond acceptors (Lipinski definition) is 4. The first-order chi connectivity index (χ1) is 10.2. The van der Waals surface area contributed by atoms with Gasteiger partial charge in [0.2, 0.25) is 0 Å². The van der Waals surface area contributed by atoms with Gasteiger partial charge < -0.3 is 5.11 Å². The molecule has 0 radical (unpaired) electrons. The topological polar surface area (TPSA) is 70.5 Å². The molecule has 1 unspecified atom stereocenters. The van der Waals surface area contributed by atoms with Crippen molar-refractivity contribution < 1.29 is 14.7 Å². The van der Waals surface area contributed by atoms with Crippen molar-refractivity contribution in [3.63, 3.8) is 0 Å². The van der Waals surface area contributed by atoms with Crippen LogP contribution in [0.2, 0.25) is 0 Å². The Kier molecular flexibility index (Phi) is 3.50. The summed E-state index contributed by atoms with van der Waals surface area (Å²) in [5.41, 5.74) is 1.42. The largest absolute Gasteiger partial charge is 0.394 e. The van der Waals surface area contributed by atoms with Crippen molar-refractivity contribution in [2.24, 2.45) is 0 Å². The van der Waals surface area contributed by atoms with Gasteiger partial charge in [-0.05, 0) is 24.1 Å². The number of rotatable bonds is 4. The molecule has 3 rings (SSSR count). The van der Waals surface area contributed by atoms with Crippen LogP contribution in [0.15, 0.2) is 48.7 Å². The van der Waals surface area contributed by atoms with Gasteiger partial charge in [-0.3, -0.25) is 19.5 Å². The van der Waals surface area contributed by atoms with Crippen LogP contribution in [0, 0.1) is 0 Å². The summed E-state index contributed by atoms with van der Waals surface area (Å²) < 4.78 is 0. The second kappa shape index (κ2) is 5.46. The molecule has 1 N–H and O–H groups in total. The van der Waals surface area contributed by atoms with Crippen LogP contribution in [0.1, 0.15) is 26.4 Å². The Labute approximate surface area is 121 Å². The number of pyridine rings is 1. The van der Waals surface area contributed by atoms with E-state index in [-0.39, 0.29) is 12.3 Å². The van der Waals surface area contributed by atoms with E-state index in [0.717, 1.165) is 10.5 Å². The third-order valence-corrected chi connectivity index (χ3v) is 3.57. The van der Waals surface area contributed by atoms with E-state index in [4.69, 9.17) is 0 Å². The quantitative estimate of drug-likeness (QED) is 0.858. The Morgan fingerprint density at radius 1 is 1.05 bits per heavy atom. The molecule has 1 aliphatic rings. The molecule has 2 heterocycles. The van der Waals surface area contributed by atoms with E-state index in [1.807, 2.05) is 30.3 Å². The number of carbonyl (C=O) groups excluding carboxylic acids is 2. The van der Waals surface area contributed by atoms with E-state index < -0.39 is 17.9 Å². The van der Waals surface area contributed by atoms with Gasteiger partial charge in [-0.25, -0.2) is 0 Å². The maximum atomic E-state index is 12.4. The fourth-order valence-electron chi connectivity index (χ4n) is 2.54. The van der Waals surface area contributed by atoms with Gasteiger partial charge in [-0.2, -0.15) is 0 Å². The minimum atomic E-state index is -0.582. The highest BCUT2D eigenvalue weighted by Crippen LogP contribution is 2.24. The molecular formula is C16H14N2O3. The normalized spacial score (nSPS) is 15.2. The summed E-state index contributed by atoms with van der Waals surface area (Å²) in [6.07, 6.45) is 1.90. The number of aliphatic hydroxyl groups is 1. The molecule has 1 atom stereocenters. The lowest BCUT2D eigenvalue weighted by molar-refractivity contribution is 0.0514. The molecule has 2 aromatic rings. The first kappa shape index (κ1) is 13.5. The highest BCUT2D eigenvalue weighted by Gasteiger charge is 2.40. The number of carbonyl (C=O) groups is 2.